The molecule has 0 saturated heterocycles. The minimum absolute atomic E-state index is 0. The first-order chi connectivity index (χ1) is 17.9. The molecule has 38 heavy (non-hydrogen) atoms. The molecule has 0 aliphatic carbocycles. The predicted octanol–water partition coefficient (Wildman–Crippen LogP) is 2.15. The molecule has 0 aromatic heterocycles. The summed E-state index contributed by atoms with van der Waals surface area (Å²) in [5.74, 6) is 4.18. The van der Waals surface area contributed by atoms with Crippen molar-refractivity contribution in [3.8, 4) is 11.8 Å². The third kappa shape index (κ3) is 9.15. The lowest BCUT2D eigenvalue weighted by atomic mass is 10.1. The molecule has 9 nitrogen and oxygen atoms in total. The van der Waals surface area contributed by atoms with Crippen LogP contribution in [0.15, 0.2) is 72.8 Å². The zero-order valence-corrected chi connectivity index (χ0v) is 19.8. The highest BCUT2D eigenvalue weighted by atomic mass is 19.1. The molecule has 0 saturated carbocycles. The molecule has 10 heteroatoms. The highest BCUT2D eigenvalue weighted by molar-refractivity contribution is 5.97. The molecule has 0 bridgehead atoms. The summed E-state index contributed by atoms with van der Waals surface area (Å²) in [5, 5.41) is 16.9. The van der Waals surface area contributed by atoms with Gasteiger partial charge in [-0.3, -0.25) is 19.6 Å². The second-order valence-electron chi connectivity index (χ2n) is 7.92. The van der Waals surface area contributed by atoms with Gasteiger partial charge in [-0.1, -0.05) is 31.4 Å². The van der Waals surface area contributed by atoms with Crippen molar-refractivity contribution in [2.24, 2.45) is 5.73 Å². The molecule has 3 amide bonds. The summed E-state index contributed by atoms with van der Waals surface area (Å²) in [5.41, 5.74) is 10.1. The van der Waals surface area contributed by atoms with E-state index in [9.17, 15) is 18.8 Å². The Labute approximate surface area is 220 Å². The molecule has 7 N–H and O–H groups in total. The Bertz CT molecular complexity index is 1280. The summed E-state index contributed by atoms with van der Waals surface area (Å²) in [4.78, 5) is 35.8. The smallest absolute Gasteiger partial charge is 0.267 e. The zero-order chi connectivity index (χ0) is 26.6. The number of hydrogen-bond acceptors (Lipinski definition) is 6. The third-order valence-electron chi connectivity index (χ3n) is 5.16. The Kier molecular flexibility index (Phi) is 11.6. The number of nitrogens with two attached hydrogens (primary N) is 1. The minimum atomic E-state index is -1.05. The molecule has 0 aliphatic heterocycles. The van der Waals surface area contributed by atoms with Crippen LogP contribution in [0, 0.1) is 17.7 Å². The molecule has 198 valence electrons. The molecule has 3 aromatic rings. The summed E-state index contributed by atoms with van der Waals surface area (Å²) in [6, 6.07) is 18.5. The van der Waals surface area contributed by atoms with E-state index in [-0.39, 0.29) is 32.2 Å². The van der Waals surface area contributed by atoms with Crippen molar-refractivity contribution < 1.29 is 24.0 Å². The number of benzene rings is 3. The largest absolute Gasteiger partial charge is 0.339 e. The van der Waals surface area contributed by atoms with E-state index in [0.717, 1.165) is 11.1 Å². The molecule has 0 fully saturated rings. The van der Waals surface area contributed by atoms with E-state index in [0.29, 0.717) is 23.4 Å². The third-order valence-corrected chi connectivity index (χ3v) is 5.16. The fourth-order valence-corrected chi connectivity index (χ4v) is 3.16. The Hall–Kier alpha value is -4.56. The van der Waals surface area contributed by atoms with Crippen molar-refractivity contribution in [2.45, 2.75) is 20.0 Å². The van der Waals surface area contributed by atoms with Gasteiger partial charge in [-0.15, -0.1) is 0 Å². The second-order valence-corrected chi connectivity index (χ2v) is 7.92. The van der Waals surface area contributed by atoms with Gasteiger partial charge >= 0.3 is 0 Å². The summed E-state index contributed by atoms with van der Waals surface area (Å²) in [7, 11) is 0. The van der Waals surface area contributed by atoms with E-state index in [4.69, 9.17) is 10.9 Å². The van der Waals surface area contributed by atoms with E-state index < -0.39 is 17.9 Å². The summed E-state index contributed by atoms with van der Waals surface area (Å²) < 4.78 is 12.9. The van der Waals surface area contributed by atoms with Gasteiger partial charge in [0.2, 0.25) is 5.91 Å². The summed E-state index contributed by atoms with van der Waals surface area (Å²) >= 11 is 0. The van der Waals surface area contributed by atoms with Crippen LogP contribution in [0.3, 0.4) is 0 Å². The fourth-order valence-electron chi connectivity index (χ4n) is 3.16. The maximum absolute atomic E-state index is 12.9. The number of rotatable bonds is 9. The predicted molar refractivity (Wildman–Crippen MR) is 143 cm³/mol. The average molecular weight is 520 g/mol. The van der Waals surface area contributed by atoms with Crippen LogP contribution in [0.25, 0.3) is 0 Å². The van der Waals surface area contributed by atoms with Gasteiger partial charge in [0.05, 0.1) is 6.54 Å². The van der Waals surface area contributed by atoms with Crippen LogP contribution in [0.5, 0.6) is 0 Å². The number of hydrogen-bond donors (Lipinski definition) is 6. The van der Waals surface area contributed by atoms with Crippen molar-refractivity contribution in [2.75, 3.05) is 18.4 Å². The van der Waals surface area contributed by atoms with Crippen LogP contribution < -0.4 is 27.2 Å². The molecule has 0 aliphatic rings. The molecule has 0 spiro atoms. The molecule has 0 unspecified atom stereocenters. The van der Waals surface area contributed by atoms with Gasteiger partial charge in [-0.25, -0.2) is 9.87 Å². The summed E-state index contributed by atoms with van der Waals surface area (Å²) in [6.45, 7) is 0.385. The first kappa shape index (κ1) is 29.7. The Morgan fingerprint density at radius 3 is 2.03 bits per heavy atom. The lowest BCUT2D eigenvalue weighted by molar-refractivity contribution is -0.130. The Balaban J connectivity index is 0.00000507. The normalized spacial score (nSPS) is 10.7. The molecular formula is C28H30FN5O4. The lowest BCUT2D eigenvalue weighted by Crippen LogP contribution is -2.50. The van der Waals surface area contributed by atoms with Crippen molar-refractivity contribution in [1.29, 1.82) is 0 Å². The van der Waals surface area contributed by atoms with Gasteiger partial charge in [0.1, 0.15) is 11.9 Å². The maximum Gasteiger partial charge on any atom is 0.267 e. The highest BCUT2D eigenvalue weighted by Gasteiger charge is 2.19. The Morgan fingerprint density at radius 1 is 0.895 bits per heavy atom. The van der Waals surface area contributed by atoms with E-state index in [1.54, 1.807) is 60.7 Å². The number of nitrogens with one attached hydrogen (secondary N) is 4. The number of carbonyl (C=O) groups excluding carboxylic acids is 3. The summed E-state index contributed by atoms with van der Waals surface area (Å²) in [6.07, 6.45) is 0. The van der Waals surface area contributed by atoms with Gasteiger partial charge in [-0.2, -0.15) is 0 Å². The van der Waals surface area contributed by atoms with E-state index in [2.05, 4.69) is 27.8 Å². The number of carbonyl (C=O) groups is 3. The quantitative estimate of drug-likeness (QED) is 0.145. The van der Waals surface area contributed by atoms with Gasteiger partial charge < -0.3 is 21.7 Å². The van der Waals surface area contributed by atoms with Crippen LogP contribution in [0.2, 0.25) is 0 Å². The minimum Gasteiger partial charge on any atom is -0.339 e. The average Bonchev–Trinajstić information content (AvgIpc) is 2.92. The second kappa shape index (κ2) is 14.9. The van der Waals surface area contributed by atoms with E-state index >= 15 is 0 Å². The molecule has 0 radical (unpaired) electrons. The molecule has 0 heterocycles. The van der Waals surface area contributed by atoms with Crippen molar-refractivity contribution in [3.05, 3.63) is 101 Å². The number of halogens is 1. The van der Waals surface area contributed by atoms with Gasteiger partial charge in [-0.05, 0) is 66.2 Å². The van der Waals surface area contributed by atoms with Crippen molar-refractivity contribution in [1.82, 2.24) is 16.1 Å². The van der Waals surface area contributed by atoms with Crippen LogP contribution in [0.4, 0.5) is 10.1 Å². The van der Waals surface area contributed by atoms with Crippen LogP contribution in [0.1, 0.15) is 34.5 Å². The number of hydroxylamine groups is 1. The zero-order valence-electron chi connectivity index (χ0n) is 19.8. The fraction of sp³-hybridized carbons (Fsp3) is 0.179. The van der Waals surface area contributed by atoms with Gasteiger partial charge in [0.25, 0.3) is 11.8 Å². The number of anilines is 1. The van der Waals surface area contributed by atoms with Gasteiger partial charge in [0, 0.05) is 35.5 Å². The highest BCUT2D eigenvalue weighted by Crippen LogP contribution is 2.10. The molecule has 3 rings (SSSR count). The standard InChI is InChI=1S/C27H26FN5O4.CH4/c28-22-11-5-20(6-12-22)16-30-17-25(34)31-23-13-7-19(8-14-23)2-1-18-3-9-21(10-4-18)26(35)32-24(15-29)27(36)33-37;/h3-14,24,30,37H,15-17,29H2,(H,31,34)(H,32,35)(H,33,36);1H4/t24-;/m0./s1. The van der Waals surface area contributed by atoms with Crippen molar-refractivity contribution in [3.63, 3.8) is 0 Å². The van der Waals surface area contributed by atoms with Gasteiger partial charge in [0.15, 0.2) is 0 Å². The SMILES string of the molecule is C.NC[C@H](NC(=O)c1ccc(C#Cc2ccc(NC(=O)CNCc3ccc(F)cc3)cc2)cc1)C(=O)NO. The first-order valence-corrected chi connectivity index (χ1v) is 11.3. The van der Waals surface area contributed by atoms with E-state index in [1.807, 2.05) is 0 Å². The first-order valence-electron chi connectivity index (χ1n) is 11.3. The lowest BCUT2D eigenvalue weighted by Gasteiger charge is -2.14. The number of amides is 3. The maximum atomic E-state index is 12.9. The van der Waals surface area contributed by atoms with Crippen molar-refractivity contribution >= 4 is 23.4 Å². The van der Waals surface area contributed by atoms with E-state index in [1.165, 1.54) is 17.6 Å². The monoisotopic (exact) mass is 519 g/mol. The topological polar surface area (TPSA) is 146 Å². The van der Waals surface area contributed by atoms with Crippen LogP contribution in [-0.4, -0.2) is 42.1 Å². The van der Waals surface area contributed by atoms with Crippen LogP contribution in [-0.2, 0) is 16.1 Å². The Morgan fingerprint density at radius 2 is 1.47 bits per heavy atom. The molecule has 1 atom stereocenters. The molecular weight excluding hydrogens is 489 g/mol. The molecule has 3 aromatic carbocycles. The van der Waals surface area contributed by atoms with Crippen LogP contribution >= 0.6 is 0 Å².